The highest BCUT2D eigenvalue weighted by Gasteiger charge is 2.37. The summed E-state index contributed by atoms with van der Waals surface area (Å²) in [6, 6.07) is 0.256. The summed E-state index contributed by atoms with van der Waals surface area (Å²) in [6.45, 7) is 2.85. The van der Waals surface area contributed by atoms with Gasteiger partial charge in [-0.15, -0.1) is 0 Å². The maximum atomic E-state index is 12.5. The Labute approximate surface area is 108 Å². The highest BCUT2D eigenvalue weighted by atomic mass is 16.4. The van der Waals surface area contributed by atoms with Gasteiger partial charge in [0.05, 0.1) is 11.8 Å². The van der Waals surface area contributed by atoms with Crippen LogP contribution in [0.4, 0.5) is 0 Å². The number of nitrogens with zero attached hydrogens (tertiary/aromatic N) is 1. The predicted octanol–water partition coefficient (Wildman–Crippen LogP) is 2.05. The van der Waals surface area contributed by atoms with E-state index in [0.29, 0.717) is 12.8 Å². The van der Waals surface area contributed by atoms with Crippen LogP contribution in [0.15, 0.2) is 12.2 Å². The molecule has 1 N–H and O–H groups in total. The van der Waals surface area contributed by atoms with Crippen LogP contribution < -0.4 is 0 Å². The summed E-state index contributed by atoms with van der Waals surface area (Å²) in [4.78, 5) is 25.6. The van der Waals surface area contributed by atoms with Gasteiger partial charge in [-0.05, 0) is 39.0 Å². The number of carboxylic acids is 1. The minimum atomic E-state index is -0.845. The molecule has 1 unspecified atom stereocenters. The lowest BCUT2D eigenvalue weighted by Gasteiger charge is -2.37. The van der Waals surface area contributed by atoms with E-state index in [0.717, 1.165) is 25.8 Å². The smallest absolute Gasteiger partial charge is 0.307 e. The maximum absolute atomic E-state index is 12.5. The highest BCUT2D eigenvalue weighted by molar-refractivity contribution is 5.85. The van der Waals surface area contributed by atoms with Crippen molar-refractivity contribution in [2.45, 2.75) is 45.1 Å². The molecule has 3 atom stereocenters. The van der Waals surface area contributed by atoms with Crippen LogP contribution in [0.1, 0.15) is 39.0 Å². The van der Waals surface area contributed by atoms with Crippen molar-refractivity contribution in [1.82, 2.24) is 4.90 Å². The van der Waals surface area contributed by atoms with E-state index in [1.807, 2.05) is 17.1 Å². The number of aliphatic carboxylic acids is 1. The number of allylic oxidation sites excluding steroid dienone is 2. The highest BCUT2D eigenvalue weighted by Crippen LogP contribution is 2.30. The van der Waals surface area contributed by atoms with Crippen LogP contribution in [0.5, 0.6) is 0 Å². The first kappa shape index (κ1) is 13.1. The molecule has 0 aromatic carbocycles. The second kappa shape index (κ2) is 5.55. The lowest BCUT2D eigenvalue weighted by molar-refractivity contribution is -0.152. The van der Waals surface area contributed by atoms with Gasteiger partial charge in [-0.2, -0.15) is 0 Å². The first-order chi connectivity index (χ1) is 8.61. The average molecular weight is 251 g/mol. The summed E-state index contributed by atoms with van der Waals surface area (Å²) in [5.74, 6) is -1.72. The van der Waals surface area contributed by atoms with Gasteiger partial charge in [-0.3, -0.25) is 9.59 Å². The van der Waals surface area contributed by atoms with Crippen molar-refractivity contribution >= 4 is 11.9 Å². The van der Waals surface area contributed by atoms with E-state index in [1.54, 1.807) is 0 Å². The van der Waals surface area contributed by atoms with Gasteiger partial charge in [0.2, 0.25) is 5.91 Å². The normalized spacial score (nSPS) is 32.3. The maximum Gasteiger partial charge on any atom is 0.307 e. The van der Waals surface area contributed by atoms with E-state index in [4.69, 9.17) is 0 Å². The molecule has 1 aliphatic heterocycles. The standard InChI is InChI=1S/C14H21NO3/c1-10-6-4-5-9-15(10)13(16)11-7-2-3-8-12(11)14(17)18/h2-3,10-12H,4-9H2,1H3,(H,17,18)/t10?,11-,12+/m1/s1. The number of amides is 1. The summed E-state index contributed by atoms with van der Waals surface area (Å²) in [5.41, 5.74) is 0. The zero-order valence-corrected chi connectivity index (χ0v) is 10.8. The van der Waals surface area contributed by atoms with Crippen molar-refractivity contribution in [2.75, 3.05) is 6.54 Å². The molecular weight excluding hydrogens is 230 g/mol. The number of piperidine rings is 1. The molecule has 1 heterocycles. The Bertz CT molecular complexity index is 364. The molecule has 1 aliphatic carbocycles. The number of likely N-dealkylation sites (tertiary alicyclic amines) is 1. The van der Waals surface area contributed by atoms with Crippen LogP contribution in [-0.2, 0) is 9.59 Å². The second-order valence-corrected chi connectivity index (χ2v) is 5.37. The molecule has 0 aromatic heterocycles. The van der Waals surface area contributed by atoms with Crippen LogP contribution in [-0.4, -0.2) is 34.5 Å². The number of hydrogen-bond acceptors (Lipinski definition) is 2. The molecule has 0 radical (unpaired) electrons. The van der Waals surface area contributed by atoms with Gasteiger partial charge in [-0.1, -0.05) is 12.2 Å². The molecule has 0 saturated carbocycles. The Balaban J connectivity index is 2.11. The minimum absolute atomic E-state index is 0.0407. The minimum Gasteiger partial charge on any atom is -0.481 e. The SMILES string of the molecule is CC1CCCCN1C(=O)[C@@H]1CC=CC[C@@H]1C(=O)O. The third-order valence-corrected chi connectivity index (χ3v) is 4.15. The van der Waals surface area contributed by atoms with Crippen LogP contribution in [0.2, 0.25) is 0 Å². The summed E-state index contributed by atoms with van der Waals surface area (Å²) in [5, 5.41) is 9.22. The van der Waals surface area contributed by atoms with Crippen molar-refractivity contribution in [3.63, 3.8) is 0 Å². The van der Waals surface area contributed by atoms with Crippen LogP contribution in [0, 0.1) is 11.8 Å². The van der Waals surface area contributed by atoms with Gasteiger partial charge in [0, 0.05) is 12.6 Å². The van der Waals surface area contributed by atoms with Crippen molar-refractivity contribution in [2.24, 2.45) is 11.8 Å². The molecule has 1 fully saturated rings. The van der Waals surface area contributed by atoms with E-state index in [9.17, 15) is 14.7 Å². The Hall–Kier alpha value is -1.32. The van der Waals surface area contributed by atoms with Gasteiger partial charge in [0.1, 0.15) is 0 Å². The van der Waals surface area contributed by atoms with Gasteiger partial charge in [-0.25, -0.2) is 0 Å². The van der Waals surface area contributed by atoms with E-state index < -0.39 is 11.9 Å². The van der Waals surface area contributed by atoms with Crippen LogP contribution in [0.3, 0.4) is 0 Å². The third-order valence-electron chi connectivity index (χ3n) is 4.15. The van der Waals surface area contributed by atoms with Gasteiger partial charge >= 0.3 is 5.97 Å². The van der Waals surface area contributed by atoms with E-state index in [1.165, 1.54) is 0 Å². The number of carbonyl (C=O) groups excluding carboxylic acids is 1. The third kappa shape index (κ3) is 2.57. The molecular formula is C14H21NO3. The molecule has 1 saturated heterocycles. The fourth-order valence-corrected chi connectivity index (χ4v) is 3.00. The number of carboxylic acid groups (broad SMARTS) is 1. The van der Waals surface area contributed by atoms with Gasteiger partial charge < -0.3 is 10.0 Å². The Morgan fingerprint density at radius 3 is 2.44 bits per heavy atom. The molecule has 1 amide bonds. The molecule has 0 bridgehead atoms. The zero-order chi connectivity index (χ0) is 13.1. The largest absolute Gasteiger partial charge is 0.481 e. The first-order valence-electron chi connectivity index (χ1n) is 6.79. The summed E-state index contributed by atoms with van der Waals surface area (Å²) in [7, 11) is 0. The number of hydrogen-bond donors (Lipinski definition) is 1. The van der Waals surface area contributed by atoms with Crippen molar-refractivity contribution in [3.8, 4) is 0 Å². The Morgan fingerprint density at radius 2 is 1.83 bits per heavy atom. The van der Waals surface area contributed by atoms with E-state index in [2.05, 4.69) is 6.92 Å². The molecule has 4 nitrogen and oxygen atoms in total. The topological polar surface area (TPSA) is 57.6 Å². The Kier molecular flexibility index (Phi) is 4.04. The lowest BCUT2D eigenvalue weighted by Crippen LogP contribution is -2.47. The average Bonchev–Trinajstić information content (AvgIpc) is 2.38. The molecule has 18 heavy (non-hydrogen) atoms. The van der Waals surface area contributed by atoms with Crippen LogP contribution >= 0.6 is 0 Å². The van der Waals surface area contributed by atoms with Crippen molar-refractivity contribution in [1.29, 1.82) is 0 Å². The zero-order valence-electron chi connectivity index (χ0n) is 10.8. The van der Waals surface area contributed by atoms with E-state index >= 15 is 0 Å². The van der Waals surface area contributed by atoms with Gasteiger partial charge in [0.15, 0.2) is 0 Å². The second-order valence-electron chi connectivity index (χ2n) is 5.37. The predicted molar refractivity (Wildman–Crippen MR) is 68.0 cm³/mol. The summed E-state index contributed by atoms with van der Waals surface area (Å²) in [6.07, 6.45) is 8.10. The van der Waals surface area contributed by atoms with Gasteiger partial charge in [0.25, 0.3) is 0 Å². The molecule has 0 aromatic rings. The van der Waals surface area contributed by atoms with Crippen molar-refractivity contribution < 1.29 is 14.7 Å². The fraction of sp³-hybridized carbons (Fsp3) is 0.714. The molecule has 0 spiro atoms. The van der Waals surface area contributed by atoms with Crippen molar-refractivity contribution in [3.05, 3.63) is 12.2 Å². The first-order valence-corrected chi connectivity index (χ1v) is 6.79. The van der Waals surface area contributed by atoms with E-state index in [-0.39, 0.29) is 17.9 Å². The molecule has 2 aliphatic rings. The molecule has 2 rings (SSSR count). The lowest BCUT2D eigenvalue weighted by atomic mass is 9.81. The monoisotopic (exact) mass is 251 g/mol. The fourth-order valence-electron chi connectivity index (χ4n) is 3.00. The number of rotatable bonds is 2. The van der Waals surface area contributed by atoms with Crippen LogP contribution in [0.25, 0.3) is 0 Å². The quantitative estimate of drug-likeness (QED) is 0.764. The molecule has 100 valence electrons. The molecule has 4 heteroatoms. The summed E-state index contributed by atoms with van der Waals surface area (Å²) >= 11 is 0. The summed E-state index contributed by atoms with van der Waals surface area (Å²) < 4.78 is 0. The number of carbonyl (C=O) groups is 2. The Morgan fingerprint density at radius 1 is 1.17 bits per heavy atom.